The van der Waals surface area contributed by atoms with Crippen molar-refractivity contribution in [3.8, 4) is 0 Å². The Morgan fingerprint density at radius 2 is 0.885 bits per heavy atom. The first-order chi connectivity index (χ1) is 12.2. The molecule has 0 fully saturated rings. The second-order valence-electron chi connectivity index (χ2n) is 9.12. The Labute approximate surface area is 157 Å². The van der Waals surface area contributed by atoms with E-state index < -0.39 is 0 Å². The number of aromatic nitrogens is 4. The van der Waals surface area contributed by atoms with E-state index in [1.165, 1.54) is 25.7 Å². The van der Waals surface area contributed by atoms with Crippen LogP contribution in [0.3, 0.4) is 0 Å². The van der Waals surface area contributed by atoms with Gasteiger partial charge in [-0.15, -0.1) is 20.4 Å². The SMILES string of the molecule is CC(C)(C)c1nnc(CCCCCCCCc2nnc(C(C)(C)C)o2)o1. The number of nitrogens with zero attached hydrogens (tertiary/aromatic N) is 4. The van der Waals surface area contributed by atoms with E-state index in [0.717, 1.165) is 49.2 Å². The fourth-order valence-corrected chi connectivity index (χ4v) is 2.58. The average molecular weight is 363 g/mol. The second kappa shape index (κ2) is 8.78. The molecule has 6 nitrogen and oxygen atoms in total. The zero-order chi connectivity index (χ0) is 19.2. The summed E-state index contributed by atoms with van der Waals surface area (Å²) in [5, 5.41) is 16.6. The van der Waals surface area contributed by atoms with E-state index >= 15 is 0 Å². The molecule has 0 aromatic carbocycles. The highest BCUT2D eigenvalue weighted by molar-refractivity contribution is 4.96. The maximum atomic E-state index is 5.72. The fourth-order valence-electron chi connectivity index (χ4n) is 2.58. The van der Waals surface area contributed by atoms with Crippen molar-refractivity contribution in [1.29, 1.82) is 0 Å². The number of unbranched alkanes of at least 4 members (excludes halogenated alkanes) is 5. The molecule has 0 aliphatic heterocycles. The molecule has 6 heteroatoms. The zero-order valence-electron chi connectivity index (χ0n) is 17.3. The molecule has 0 radical (unpaired) electrons. The number of hydrogen-bond acceptors (Lipinski definition) is 6. The molecule has 0 bridgehead atoms. The first-order valence-electron chi connectivity index (χ1n) is 9.82. The smallest absolute Gasteiger partial charge is 0.221 e. The minimum absolute atomic E-state index is 0.0722. The normalized spacial score (nSPS) is 12.7. The van der Waals surface area contributed by atoms with Crippen LogP contribution in [0, 0.1) is 0 Å². The van der Waals surface area contributed by atoms with E-state index in [0.29, 0.717) is 0 Å². The third-order valence-corrected chi connectivity index (χ3v) is 4.25. The van der Waals surface area contributed by atoms with Crippen molar-refractivity contribution in [1.82, 2.24) is 20.4 Å². The standard InChI is InChI=1S/C20H34N4O2/c1-19(2,3)17-23-21-15(25-17)13-11-9-7-8-10-12-14-16-22-24-18(26-16)20(4,5)6/h7-14H2,1-6H3. The maximum absolute atomic E-state index is 5.72. The van der Waals surface area contributed by atoms with Gasteiger partial charge in [-0.05, 0) is 12.8 Å². The summed E-state index contributed by atoms with van der Waals surface area (Å²) < 4.78 is 11.4. The molecule has 2 aromatic rings. The maximum Gasteiger partial charge on any atom is 0.221 e. The van der Waals surface area contributed by atoms with E-state index in [1.807, 2.05) is 0 Å². The van der Waals surface area contributed by atoms with Crippen LogP contribution >= 0.6 is 0 Å². The van der Waals surface area contributed by atoms with Crippen LogP contribution in [0.5, 0.6) is 0 Å². The van der Waals surface area contributed by atoms with Crippen LogP contribution in [0.4, 0.5) is 0 Å². The van der Waals surface area contributed by atoms with Gasteiger partial charge in [0.1, 0.15) is 0 Å². The van der Waals surface area contributed by atoms with Crippen LogP contribution < -0.4 is 0 Å². The summed E-state index contributed by atoms with van der Waals surface area (Å²) in [4.78, 5) is 0. The van der Waals surface area contributed by atoms with E-state index in [-0.39, 0.29) is 10.8 Å². The molecule has 0 amide bonds. The van der Waals surface area contributed by atoms with Gasteiger partial charge >= 0.3 is 0 Å². The van der Waals surface area contributed by atoms with Gasteiger partial charge in [0.15, 0.2) is 0 Å². The summed E-state index contributed by atoms with van der Waals surface area (Å²) in [6, 6.07) is 0. The predicted octanol–water partition coefficient (Wildman–Crippen LogP) is 5.17. The Balaban J connectivity index is 1.53. The third-order valence-electron chi connectivity index (χ3n) is 4.25. The van der Waals surface area contributed by atoms with Crippen molar-refractivity contribution in [2.24, 2.45) is 0 Å². The average Bonchev–Trinajstić information content (AvgIpc) is 3.18. The van der Waals surface area contributed by atoms with Crippen molar-refractivity contribution in [3.63, 3.8) is 0 Å². The molecular formula is C20H34N4O2. The van der Waals surface area contributed by atoms with E-state index in [4.69, 9.17) is 8.83 Å². The van der Waals surface area contributed by atoms with Gasteiger partial charge in [-0.3, -0.25) is 0 Å². The Morgan fingerprint density at radius 3 is 1.19 bits per heavy atom. The minimum atomic E-state index is -0.0722. The molecule has 0 aliphatic rings. The van der Waals surface area contributed by atoms with Gasteiger partial charge in [0, 0.05) is 23.7 Å². The molecule has 2 heterocycles. The van der Waals surface area contributed by atoms with Crippen molar-refractivity contribution >= 4 is 0 Å². The van der Waals surface area contributed by atoms with Crippen LogP contribution in [0.15, 0.2) is 8.83 Å². The lowest BCUT2D eigenvalue weighted by molar-refractivity contribution is 0.366. The van der Waals surface area contributed by atoms with Crippen molar-refractivity contribution in [2.75, 3.05) is 0 Å². The van der Waals surface area contributed by atoms with Crippen LogP contribution in [0.2, 0.25) is 0 Å². The summed E-state index contributed by atoms with van der Waals surface area (Å²) in [6.07, 6.45) is 8.81. The molecule has 2 rings (SSSR count). The lowest BCUT2D eigenvalue weighted by atomic mass is 9.97. The second-order valence-corrected chi connectivity index (χ2v) is 9.12. The van der Waals surface area contributed by atoms with Gasteiger partial charge in [0.05, 0.1) is 0 Å². The summed E-state index contributed by atoms with van der Waals surface area (Å²) in [5.74, 6) is 2.98. The Morgan fingerprint density at radius 1 is 0.538 bits per heavy atom. The summed E-state index contributed by atoms with van der Waals surface area (Å²) in [6.45, 7) is 12.5. The zero-order valence-corrected chi connectivity index (χ0v) is 17.3. The molecule has 146 valence electrons. The summed E-state index contributed by atoms with van der Waals surface area (Å²) in [7, 11) is 0. The summed E-state index contributed by atoms with van der Waals surface area (Å²) in [5.41, 5.74) is -0.144. The molecule has 0 saturated carbocycles. The molecule has 0 saturated heterocycles. The number of hydrogen-bond donors (Lipinski definition) is 0. The summed E-state index contributed by atoms with van der Waals surface area (Å²) >= 11 is 0. The number of rotatable bonds is 9. The van der Waals surface area contributed by atoms with Crippen molar-refractivity contribution in [2.45, 2.75) is 104 Å². The van der Waals surface area contributed by atoms with E-state index in [2.05, 4.69) is 61.9 Å². The van der Waals surface area contributed by atoms with Crippen molar-refractivity contribution in [3.05, 3.63) is 23.6 Å². The van der Waals surface area contributed by atoms with Crippen molar-refractivity contribution < 1.29 is 8.83 Å². The van der Waals surface area contributed by atoms with E-state index in [1.54, 1.807) is 0 Å². The predicted molar refractivity (Wildman–Crippen MR) is 101 cm³/mol. The molecule has 26 heavy (non-hydrogen) atoms. The van der Waals surface area contributed by atoms with Crippen LogP contribution in [0.1, 0.15) is 104 Å². The monoisotopic (exact) mass is 362 g/mol. The third kappa shape index (κ3) is 6.54. The Hall–Kier alpha value is -1.72. The first kappa shape index (κ1) is 20.6. The quantitative estimate of drug-likeness (QED) is 0.572. The van der Waals surface area contributed by atoms with Crippen LogP contribution in [-0.4, -0.2) is 20.4 Å². The molecule has 0 N–H and O–H groups in total. The lowest BCUT2D eigenvalue weighted by Crippen LogP contribution is -2.11. The highest BCUT2D eigenvalue weighted by Gasteiger charge is 2.22. The lowest BCUT2D eigenvalue weighted by Gasteiger charge is -2.11. The Bertz CT molecular complexity index is 604. The molecular weight excluding hydrogens is 328 g/mol. The van der Waals surface area contributed by atoms with Crippen LogP contribution in [0.25, 0.3) is 0 Å². The largest absolute Gasteiger partial charge is 0.425 e. The van der Waals surface area contributed by atoms with Gasteiger partial charge in [-0.2, -0.15) is 0 Å². The highest BCUT2D eigenvalue weighted by Crippen LogP contribution is 2.22. The first-order valence-corrected chi connectivity index (χ1v) is 9.82. The van der Waals surface area contributed by atoms with Gasteiger partial charge in [-0.1, -0.05) is 67.2 Å². The molecule has 0 aliphatic carbocycles. The van der Waals surface area contributed by atoms with Crippen LogP contribution in [-0.2, 0) is 23.7 Å². The highest BCUT2D eigenvalue weighted by atomic mass is 16.4. The van der Waals surface area contributed by atoms with Gasteiger partial charge in [0.2, 0.25) is 23.6 Å². The molecule has 0 spiro atoms. The topological polar surface area (TPSA) is 77.8 Å². The molecule has 0 atom stereocenters. The molecule has 0 unspecified atom stereocenters. The fraction of sp³-hybridized carbons (Fsp3) is 0.800. The van der Waals surface area contributed by atoms with E-state index in [9.17, 15) is 0 Å². The molecule has 2 aromatic heterocycles. The van der Waals surface area contributed by atoms with Gasteiger partial charge < -0.3 is 8.83 Å². The minimum Gasteiger partial charge on any atom is -0.425 e. The van der Waals surface area contributed by atoms with Gasteiger partial charge in [-0.25, -0.2) is 0 Å². The Kier molecular flexibility index (Phi) is 6.95. The van der Waals surface area contributed by atoms with Gasteiger partial charge in [0.25, 0.3) is 0 Å². The number of aryl methyl sites for hydroxylation is 2.